The number of aliphatic imine (C=N–C) groups is 1. The van der Waals surface area contributed by atoms with Crippen LogP contribution in [-0.4, -0.2) is 28.9 Å². The Morgan fingerprint density at radius 3 is 2.00 bits per heavy atom. The highest BCUT2D eigenvalue weighted by Gasteiger charge is 2.16. The first-order valence-corrected chi connectivity index (χ1v) is 2.16. The van der Waals surface area contributed by atoms with Gasteiger partial charge < -0.3 is 10.2 Å². The van der Waals surface area contributed by atoms with Crippen molar-refractivity contribution < 1.29 is 15.0 Å². The minimum atomic E-state index is -1.29. The van der Waals surface area contributed by atoms with Gasteiger partial charge in [0.25, 0.3) is 0 Å². The molecule has 0 spiro atoms. The molecule has 0 aromatic heterocycles. The molecule has 0 heterocycles. The highest BCUT2D eigenvalue weighted by atomic mass is 16.4. The summed E-state index contributed by atoms with van der Waals surface area (Å²) in [7, 11) is 0. The lowest BCUT2D eigenvalue weighted by atomic mass is 10.3. The maximum Gasteiger partial charge on any atom is 0.336 e. The first kappa shape index (κ1) is 7.68. The van der Waals surface area contributed by atoms with Crippen LogP contribution in [0.15, 0.2) is 17.3 Å². The Hall–Kier alpha value is -1.32. The van der Waals surface area contributed by atoms with E-state index in [0.717, 1.165) is 0 Å². The number of carbonyl (C=O) groups is 1. The average molecular weight is 129 g/mol. The Bertz CT molecular complexity index is 138. The topological polar surface area (TPSA) is 69.9 Å². The van der Waals surface area contributed by atoms with E-state index in [1.807, 2.05) is 0 Å². The second-order valence-electron chi connectivity index (χ2n) is 1.41. The minimum absolute atomic E-state index is 0.502. The third kappa shape index (κ3) is 1.94. The van der Waals surface area contributed by atoms with Gasteiger partial charge in [0.05, 0.1) is 0 Å². The smallest absolute Gasteiger partial charge is 0.336 e. The van der Waals surface area contributed by atoms with Gasteiger partial charge in [-0.15, -0.1) is 0 Å². The van der Waals surface area contributed by atoms with Gasteiger partial charge in [0.15, 0.2) is 0 Å². The minimum Gasteiger partial charge on any atom is -0.510 e. The van der Waals surface area contributed by atoms with E-state index in [4.69, 9.17) is 10.2 Å². The summed E-state index contributed by atoms with van der Waals surface area (Å²) >= 11 is 0. The van der Waals surface area contributed by atoms with Crippen LogP contribution in [0.1, 0.15) is 0 Å². The Kier molecular flexibility index (Phi) is 2.44. The van der Waals surface area contributed by atoms with Gasteiger partial charge in [-0.2, -0.15) is 0 Å². The van der Waals surface area contributed by atoms with E-state index in [9.17, 15) is 4.79 Å². The molecule has 0 radical (unpaired) electrons. The molecule has 1 unspecified atom stereocenters. The molecule has 0 bridgehead atoms. The van der Waals surface area contributed by atoms with E-state index in [2.05, 4.69) is 18.3 Å². The quantitative estimate of drug-likeness (QED) is 0.422. The van der Waals surface area contributed by atoms with Crippen LogP contribution in [-0.2, 0) is 4.79 Å². The number of rotatable bonds is 3. The molecule has 0 rings (SSSR count). The molecular formula is C5H7NO3. The summed E-state index contributed by atoms with van der Waals surface area (Å²) in [6.07, 6.45) is 0. The van der Waals surface area contributed by atoms with Crippen LogP contribution >= 0.6 is 0 Å². The Morgan fingerprint density at radius 2 is 2.00 bits per heavy atom. The number of carboxylic acids is 1. The Labute approximate surface area is 52.2 Å². The molecule has 2 N–H and O–H groups in total. The van der Waals surface area contributed by atoms with Gasteiger partial charge in [0.1, 0.15) is 5.76 Å². The molecule has 0 amide bonds. The lowest BCUT2D eigenvalue weighted by molar-refractivity contribution is -0.138. The van der Waals surface area contributed by atoms with E-state index in [1.165, 1.54) is 0 Å². The molecule has 50 valence electrons. The first-order valence-electron chi connectivity index (χ1n) is 2.16. The summed E-state index contributed by atoms with van der Waals surface area (Å²) in [4.78, 5) is 13.1. The number of hydrogen-bond acceptors (Lipinski definition) is 3. The van der Waals surface area contributed by atoms with Crippen LogP contribution in [0, 0.1) is 0 Å². The molecule has 0 fully saturated rings. The highest BCUT2D eigenvalue weighted by Crippen LogP contribution is 1.98. The fourth-order valence-corrected chi connectivity index (χ4v) is 0.326. The van der Waals surface area contributed by atoms with E-state index >= 15 is 0 Å². The zero-order valence-electron chi connectivity index (χ0n) is 4.74. The molecule has 0 aromatic carbocycles. The lowest BCUT2D eigenvalue weighted by Gasteiger charge is -2.01. The number of aliphatic hydroxyl groups is 1. The summed E-state index contributed by atoms with van der Waals surface area (Å²) in [5.74, 6) is -1.75. The average Bonchev–Trinajstić information content (AvgIpc) is 1.64. The maximum absolute atomic E-state index is 10.0. The van der Waals surface area contributed by atoms with Crippen LogP contribution in [0.25, 0.3) is 0 Å². The van der Waals surface area contributed by atoms with Gasteiger partial charge in [-0.25, -0.2) is 4.79 Å². The summed E-state index contributed by atoms with van der Waals surface area (Å²) in [5.41, 5.74) is 0. The van der Waals surface area contributed by atoms with Crippen LogP contribution < -0.4 is 0 Å². The molecule has 0 aliphatic carbocycles. The molecule has 4 nitrogen and oxygen atoms in total. The predicted octanol–water partition coefficient (Wildman–Crippen LogP) is 0.212. The largest absolute Gasteiger partial charge is 0.510 e. The third-order valence-electron chi connectivity index (χ3n) is 0.732. The molecule has 0 aliphatic heterocycles. The maximum atomic E-state index is 10.0. The van der Waals surface area contributed by atoms with Crippen LogP contribution in [0.4, 0.5) is 0 Å². The molecule has 0 saturated carbocycles. The third-order valence-corrected chi connectivity index (χ3v) is 0.732. The van der Waals surface area contributed by atoms with Crippen molar-refractivity contribution in [3.05, 3.63) is 12.3 Å². The number of hydrogen-bond donors (Lipinski definition) is 2. The number of carboxylic acid groups (broad SMARTS) is 1. The van der Waals surface area contributed by atoms with Crippen molar-refractivity contribution in [2.45, 2.75) is 6.04 Å². The molecule has 0 aliphatic rings. The zero-order valence-corrected chi connectivity index (χ0v) is 4.74. The van der Waals surface area contributed by atoms with Crippen LogP contribution in [0.3, 0.4) is 0 Å². The molecular weight excluding hydrogens is 122 g/mol. The fraction of sp³-hybridized carbons (Fsp3) is 0.200. The predicted molar refractivity (Wildman–Crippen MR) is 32.7 cm³/mol. The van der Waals surface area contributed by atoms with E-state index in [-0.39, 0.29) is 0 Å². The number of aliphatic hydroxyl groups excluding tert-OH is 1. The van der Waals surface area contributed by atoms with Crippen molar-refractivity contribution in [1.82, 2.24) is 0 Å². The van der Waals surface area contributed by atoms with Crippen molar-refractivity contribution in [2.75, 3.05) is 0 Å². The summed E-state index contributed by atoms with van der Waals surface area (Å²) in [6, 6.07) is -1.29. The molecule has 1 atom stereocenters. The van der Waals surface area contributed by atoms with Crippen molar-refractivity contribution in [3.63, 3.8) is 0 Å². The summed E-state index contributed by atoms with van der Waals surface area (Å²) in [6.45, 7) is 5.94. The van der Waals surface area contributed by atoms with Gasteiger partial charge in [-0.3, -0.25) is 4.99 Å². The first-order chi connectivity index (χ1) is 4.09. The van der Waals surface area contributed by atoms with Crippen LogP contribution in [0.5, 0.6) is 0 Å². The number of nitrogens with zero attached hydrogens (tertiary/aromatic N) is 1. The van der Waals surface area contributed by atoms with Crippen molar-refractivity contribution in [2.24, 2.45) is 4.99 Å². The second kappa shape index (κ2) is 2.86. The summed E-state index contributed by atoms with van der Waals surface area (Å²) < 4.78 is 0. The van der Waals surface area contributed by atoms with Crippen molar-refractivity contribution in [3.8, 4) is 0 Å². The second-order valence-corrected chi connectivity index (χ2v) is 1.41. The monoisotopic (exact) mass is 129 g/mol. The lowest BCUT2D eigenvalue weighted by Crippen LogP contribution is -2.18. The van der Waals surface area contributed by atoms with Gasteiger partial charge in [0.2, 0.25) is 6.04 Å². The van der Waals surface area contributed by atoms with Gasteiger partial charge >= 0.3 is 5.97 Å². The number of aliphatic carboxylic acids is 1. The molecule has 9 heavy (non-hydrogen) atoms. The van der Waals surface area contributed by atoms with E-state index in [1.54, 1.807) is 0 Å². The van der Waals surface area contributed by atoms with Gasteiger partial charge in [-0.05, 0) is 6.72 Å². The Morgan fingerprint density at radius 1 is 1.56 bits per heavy atom. The van der Waals surface area contributed by atoms with Gasteiger partial charge in [0, 0.05) is 0 Å². The molecule has 4 heteroatoms. The van der Waals surface area contributed by atoms with E-state index in [0.29, 0.717) is 0 Å². The molecule has 0 aromatic rings. The highest BCUT2D eigenvalue weighted by molar-refractivity contribution is 5.77. The van der Waals surface area contributed by atoms with Crippen LogP contribution in [0.2, 0.25) is 0 Å². The zero-order chi connectivity index (χ0) is 7.44. The van der Waals surface area contributed by atoms with Crippen molar-refractivity contribution in [1.29, 1.82) is 0 Å². The van der Waals surface area contributed by atoms with E-state index < -0.39 is 17.8 Å². The standard InChI is InChI=1S/C5H7NO3/c1-3(7)4(6-2)5(8)9/h4,7H,1-2H2,(H,8,9). The normalized spacial score (nSPS) is 12.0. The molecule has 0 saturated heterocycles. The fourth-order valence-electron chi connectivity index (χ4n) is 0.326. The summed E-state index contributed by atoms with van der Waals surface area (Å²) in [5, 5.41) is 16.7. The van der Waals surface area contributed by atoms with Gasteiger partial charge in [-0.1, -0.05) is 6.58 Å². The van der Waals surface area contributed by atoms with Crippen molar-refractivity contribution >= 4 is 12.7 Å². The SMILES string of the molecule is C=NC(C(=C)O)C(=O)O. The Balaban J connectivity index is 4.16.